The quantitative estimate of drug-likeness (QED) is 0.709. The van der Waals surface area contributed by atoms with Gasteiger partial charge in [-0.1, -0.05) is 47.5 Å². The number of amides is 3. The van der Waals surface area contributed by atoms with Crippen molar-refractivity contribution >= 4 is 41.1 Å². The number of carboxylic acid groups (broad SMARTS) is 1. The molecule has 2 aromatic carbocycles. The molecule has 152 valence electrons. The molecule has 2 aromatic rings. The van der Waals surface area contributed by atoms with E-state index in [1.807, 2.05) is 12.1 Å². The van der Waals surface area contributed by atoms with Crippen LogP contribution < -0.4 is 5.32 Å². The van der Waals surface area contributed by atoms with Crippen molar-refractivity contribution in [3.8, 4) is 0 Å². The molecule has 0 saturated carbocycles. The van der Waals surface area contributed by atoms with E-state index in [1.54, 1.807) is 36.4 Å². The second-order valence-corrected chi connectivity index (χ2v) is 7.86. The molecule has 3 amide bonds. The molecule has 6 nitrogen and oxygen atoms in total. The third-order valence-corrected chi connectivity index (χ3v) is 5.48. The first-order chi connectivity index (χ1) is 13.8. The number of hydrogen-bond acceptors (Lipinski definition) is 3. The highest BCUT2D eigenvalue weighted by atomic mass is 35.5. The number of carbonyl (C=O) groups excluding carboxylic acids is 2. The van der Waals surface area contributed by atoms with E-state index in [1.165, 1.54) is 4.90 Å². The molecular weight excluding hydrogens is 415 g/mol. The Morgan fingerprint density at radius 1 is 1.07 bits per heavy atom. The van der Waals surface area contributed by atoms with Crippen molar-refractivity contribution in [2.75, 3.05) is 13.1 Å². The summed E-state index contributed by atoms with van der Waals surface area (Å²) in [6, 6.07) is 13.5. The van der Waals surface area contributed by atoms with Gasteiger partial charge in [-0.25, -0.2) is 4.79 Å². The predicted octanol–water partition coefficient (Wildman–Crippen LogP) is 4.28. The molecule has 8 heteroatoms. The summed E-state index contributed by atoms with van der Waals surface area (Å²) in [7, 11) is 0. The van der Waals surface area contributed by atoms with Crippen molar-refractivity contribution < 1.29 is 19.5 Å². The van der Waals surface area contributed by atoms with Gasteiger partial charge in [-0.2, -0.15) is 0 Å². The minimum atomic E-state index is -0.973. The van der Waals surface area contributed by atoms with Gasteiger partial charge in [0.25, 0.3) is 0 Å². The third-order valence-electron chi connectivity index (χ3n) is 4.97. The van der Waals surface area contributed by atoms with Crippen LogP contribution in [0.1, 0.15) is 35.8 Å². The SMILES string of the molecule is O=C(O)CC(CNC(=O)N1CC(c2ccc(Cl)cc2)CC1=O)c1ccc(Cl)cc1. The lowest BCUT2D eigenvalue weighted by molar-refractivity contribution is -0.137. The zero-order valence-corrected chi connectivity index (χ0v) is 17.0. The second kappa shape index (κ2) is 9.29. The van der Waals surface area contributed by atoms with E-state index in [0.717, 1.165) is 11.1 Å². The van der Waals surface area contributed by atoms with Crippen LogP contribution in [0.3, 0.4) is 0 Å². The zero-order chi connectivity index (χ0) is 21.0. The molecule has 1 fully saturated rings. The van der Waals surface area contributed by atoms with Crippen molar-refractivity contribution in [2.24, 2.45) is 0 Å². The molecule has 1 saturated heterocycles. The minimum absolute atomic E-state index is 0.0865. The van der Waals surface area contributed by atoms with Crippen LogP contribution in [-0.4, -0.2) is 41.0 Å². The lowest BCUT2D eigenvalue weighted by atomic mass is 9.96. The Balaban J connectivity index is 1.63. The smallest absolute Gasteiger partial charge is 0.324 e. The summed E-state index contributed by atoms with van der Waals surface area (Å²) in [6.07, 6.45) is 0.0913. The number of hydrogen-bond donors (Lipinski definition) is 2. The number of carboxylic acids is 1. The lowest BCUT2D eigenvalue weighted by Gasteiger charge is -2.20. The molecule has 0 spiro atoms. The number of halogens is 2. The van der Waals surface area contributed by atoms with E-state index in [2.05, 4.69) is 5.32 Å². The van der Waals surface area contributed by atoms with E-state index < -0.39 is 17.9 Å². The molecule has 2 unspecified atom stereocenters. The standard InChI is InChI=1S/C21H20Cl2N2O4/c22-17-5-1-13(2-6-17)15(10-20(27)28)11-24-21(29)25-12-16(9-19(25)26)14-3-7-18(23)8-4-14/h1-8,15-16H,9-12H2,(H,24,29)(H,27,28). The highest BCUT2D eigenvalue weighted by Gasteiger charge is 2.35. The molecule has 1 aliphatic rings. The molecule has 0 bridgehead atoms. The Hall–Kier alpha value is -2.57. The third kappa shape index (κ3) is 5.49. The highest BCUT2D eigenvalue weighted by molar-refractivity contribution is 6.30. The van der Waals surface area contributed by atoms with Gasteiger partial charge in [-0.3, -0.25) is 14.5 Å². The molecule has 1 heterocycles. The van der Waals surface area contributed by atoms with Gasteiger partial charge in [0.15, 0.2) is 0 Å². The summed E-state index contributed by atoms with van der Waals surface area (Å²) < 4.78 is 0. The number of urea groups is 1. The Labute approximate surface area is 178 Å². The van der Waals surface area contributed by atoms with Gasteiger partial charge in [0.1, 0.15) is 0 Å². The molecule has 0 aromatic heterocycles. The summed E-state index contributed by atoms with van der Waals surface area (Å²) in [6.45, 7) is 0.374. The predicted molar refractivity (Wildman–Crippen MR) is 110 cm³/mol. The van der Waals surface area contributed by atoms with E-state index >= 15 is 0 Å². The molecule has 0 aliphatic carbocycles. The van der Waals surface area contributed by atoms with Crippen molar-refractivity contribution in [1.82, 2.24) is 10.2 Å². The fourth-order valence-corrected chi connectivity index (χ4v) is 3.67. The van der Waals surface area contributed by atoms with E-state index in [0.29, 0.717) is 10.0 Å². The van der Waals surface area contributed by atoms with E-state index in [-0.39, 0.29) is 37.8 Å². The van der Waals surface area contributed by atoms with Crippen LogP contribution in [0.4, 0.5) is 4.79 Å². The number of benzene rings is 2. The van der Waals surface area contributed by atoms with E-state index in [4.69, 9.17) is 23.2 Å². The Morgan fingerprint density at radius 3 is 2.24 bits per heavy atom. The average molecular weight is 435 g/mol. The van der Waals surface area contributed by atoms with Crippen LogP contribution in [0.5, 0.6) is 0 Å². The number of imide groups is 1. The number of rotatable bonds is 6. The number of nitrogens with zero attached hydrogens (tertiary/aromatic N) is 1. The topological polar surface area (TPSA) is 86.7 Å². The van der Waals surface area contributed by atoms with Gasteiger partial charge >= 0.3 is 12.0 Å². The maximum Gasteiger partial charge on any atom is 0.324 e. The van der Waals surface area contributed by atoms with Crippen LogP contribution in [0.25, 0.3) is 0 Å². The first-order valence-electron chi connectivity index (χ1n) is 9.14. The maximum atomic E-state index is 12.6. The van der Waals surface area contributed by atoms with Crippen LogP contribution in [-0.2, 0) is 9.59 Å². The lowest BCUT2D eigenvalue weighted by Crippen LogP contribution is -2.42. The molecule has 29 heavy (non-hydrogen) atoms. The van der Waals surface area contributed by atoms with E-state index in [9.17, 15) is 19.5 Å². The molecular formula is C21H20Cl2N2O4. The number of nitrogens with one attached hydrogen (secondary N) is 1. The highest BCUT2D eigenvalue weighted by Crippen LogP contribution is 2.29. The van der Waals surface area contributed by atoms with Crippen molar-refractivity contribution in [3.05, 3.63) is 69.7 Å². The Kier molecular flexibility index (Phi) is 6.77. The van der Waals surface area contributed by atoms with Crippen LogP contribution in [0.2, 0.25) is 10.0 Å². The molecule has 2 N–H and O–H groups in total. The Bertz CT molecular complexity index is 900. The summed E-state index contributed by atoms with van der Waals surface area (Å²) >= 11 is 11.8. The molecule has 1 aliphatic heterocycles. The van der Waals surface area contributed by atoms with Crippen LogP contribution in [0, 0.1) is 0 Å². The molecule has 0 radical (unpaired) electrons. The number of carbonyl (C=O) groups is 3. The van der Waals surface area contributed by atoms with Gasteiger partial charge < -0.3 is 10.4 Å². The monoisotopic (exact) mass is 434 g/mol. The van der Waals surface area contributed by atoms with Gasteiger partial charge in [-0.05, 0) is 35.4 Å². The molecule has 2 atom stereocenters. The van der Waals surface area contributed by atoms with Gasteiger partial charge in [0.05, 0.1) is 6.42 Å². The number of likely N-dealkylation sites (tertiary alicyclic amines) is 1. The van der Waals surface area contributed by atoms with Crippen molar-refractivity contribution in [3.63, 3.8) is 0 Å². The maximum absolute atomic E-state index is 12.6. The van der Waals surface area contributed by atoms with Gasteiger partial charge in [0, 0.05) is 41.4 Å². The average Bonchev–Trinajstić information content (AvgIpc) is 3.07. The summed E-state index contributed by atoms with van der Waals surface area (Å²) in [5.41, 5.74) is 1.70. The van der Waals surface area contributed by atoms with Gasteiger partial charge in [0.2, 0.25) is 5.91 Å². The van der Waals surface area contributed by atoms with Crippen molar-refractivity contribution in [2.45, 2.75) is 24.7 Å². The fourth-order valence-electron chi connectivity index (χ4n) is 3.42. The van der Waals surface area contributed by atoms with Gasteiger partial charge in [-0.15, -0.1) is 0 Å². The molecule has 3 rings (SSSR count). The van der Waals surface area contributed by atoms with Crippen LogP contribution in [0.15, 0.2) is 48.5 Å². The fraction of sp³-hybridized carbons (Fsp3) is 0.286. The summed E-state index contributed by atoms with van der Waals surface area (Å²) in [5, 5.41) is 13.0. The second-order valence-electron chi connectivity index (χ2n) is 6.99. The summed E-state index contributed by atoms with van der Waals surface area (Å²) in [4.78, 5) is 37.3. The first kappa shape index (κ1) is 21.1. The minimum Gasteiger partial charge on any atom is -0.481 e. The zero-order valence-electron chi connectivity index (χ0n) is 15.5. The van der Waals surface area contributed by atoms with Crippen LogP contribution >= 0.6 is 23.2 Å². The van der Waals surface area contributed by atoms with Crippen molar-refractivity contribution in [1.29, 1.82) is 0 Å². The largest absolute Gasteiger partial charge is 0.481 e. The normalized spacial score (nSPS) is 17.2. The number of aliphatic carboxylic acids is 1. The first-order valence-corrected chi connectivity index (χ1v) is 9.90. The summed E-state index contributed by atoms with van der Waals surface area (Å²) in [5.74, 6) is -1.75. The Morgan fingerprint density at radius 2 is 1.66 bits per heavy atom.